The second-order valence-corrected chi connectivity index (χ2v) is 4.65. The SMILES string of the molecule is O=C(N(Cc1ccccc1)c1cccc([N+](=O)[O-])c1)C(F)(F)F. The van der Waals surface area contributed by atoms with Gasteiger partial charge in [-0.3, -0.25) is 19.8 Å². The molecule has 0 unspecified atom stereocenters. The lowest BCUT2D eigenvalue weighted by Gasteiger charge is -2.23. The smallest absolute Gasteiger partial charge is 0.300 e. The monoisotopic (exact) mass is 324 g/mol. The Hall–Kier alpha value is -2.90. The minimum Gasteiger partial charge on any atom is -0.300 e. The molecule has 5 nitrogen and oxygen atoms in total. The van der Waals surface area contributed by atoms with E-state index >= 15 is 0 Å². The number of nitro groups is 1. The lowest BCUT2D eigenvalue weighted by Crippen LogP contribution is -2.40. The van der Waals surface area contributed by atoms with Gasteiger partial charge in [-0.2, -0.15) is 13.2 Å². The van der Waals surface area contributed by atoms with Crippen molar-refractivity contribution in [1.29, 1.82) is 0 Å². The highest BCUT2D eigenvalue weighted by atomic mass is 19.4. The minimum absolute atomic E-state index is 0.189. The maximum atomic E-state index is 12.8. The Labute approximate surface area is 129 Å². The predicted molar refractivity (Wildman–Crippen MR) is 76.8 cm³/mol. The highest BCUT2D eigenvalue weighted by Crippen LogP contribution is 2.28. The summed E-state index contributed by atoms with van der Waals surface area (Å²) in [6.45, 7) is -0.347. The van der Waals surface area contributed by atoms with Gasteiger partial charge in [0.05, 0.1) is 17.2 Å². The first kappa shape index (κ1) is 16.5. The second kappa shape index (κ2) is 6.47. The third-order valence-electron chi connectivity index (χ3n) is 3.02. The van der Waals surface area contributed by atoms with Gasteiger partial charge in [-0.05, 0) is 11.6 Å². The Kier molecular flexibility index (Phi) is 4.63. The molecule has 23 heavy (non-hydrogen) atoms. The van der Waals surface area contributed by atoms with Crippen LogP contribution >= 0.6 is 0 Å². The van der Waals surface area contributed by atoms with E-state index in [2.05, 4.69) is 0 Å². The van der Waals surface area contributed by atoms with Gasteiger partial charge < -0.3 is 0 Å². The van der Waals surface area contributed by atoms with Crippen LogP contribution in [0.4, 0.5) is 24.5 Å². The predicted octanol–water partition coefficient (Wildman–Crippen LogP) is 3.69. The lowest BCUT2D eigenvalue weighted by atomic mass is 10.2. The van der Waals surface area contributed by atoms with Crippen molar-refractivity contribution in [3.63, 3.8) is 0 Å². The molecular weight excluding hydrogens is 313 g/mol. The molecule has 2 aromatic rings. The normalized spacial score (nSPS) is 11.1. The zero-order valence-corrected chi connectivity index (χ0v) is 11.7. The average Bonchev–Trinajstić information content (AvgIpc) is 2.52. The number of anilines is 1. The van der Waals surface area contributed by atoms with Crippen LogP contribution in [0.15, 0.2) is 54.6 Å². The maximum absolute atomic E-state index is 12.8. The number of nitrogens with zero attached hydrogens (tertiary/aromatic N) is 2. The van der Waals surface area contributed by atoms with Crippen molar-refractivity contribution < 1.29 is 22.9 Å². The summed E-state index contributed by atoms with van der Waals surface area (Å²) in [5, 5.41) is 10.8. The van der Waals surface area contributed by atoms with Crippen molar-refractivity contribution in [3.8, 4) is 0 Å². The van der Waals surface area contributed by atoms with E-state index in [9.17, 15) is 28.1 Å². The number of nitro benzene ring substituents is 1. The van der Waals surface area contributed by atoms with Crippen molar-refractivity contribution in [2.75, 3.05) is 4.90 Å². The molecule has 2 rings (SSSR count). The van der Waals surface area contributed by atoms with E-state index in [0.717, 1.165) is 12.1 Å². The Morgan fingerprint density at radius 2 is 1.74 bits per heavy atom. The van der Waals surface area contributed by atoms with Gasteiger partial charge in [-0.1, -0.05) is 36.4 Å². The first-order valence-electron chi connectivity index (χ1n) is 6.46. The third-order valence-corrected chi connectivity index (χ3v) is 3.02. The number of benzene rings is 2. The Morgan fingerprint density at radius 3 is 2.30 bits per heavy atom. The summed E-state index contributed by atoms with van der Waals surface area (Å²) in [4.78, 5) is 22.2. The van der Waals surface area contributed by atoms with Gasteiger partial charge in [-0.25, -0.2) is 0 Å². The van der Waals surface area contributed by atoms with E-state index in [1.54, 1.807) is 30.3 Å². The number of hydrogen-bond acceptors (Lipinski definition) is 3. The molecule has 0 fully saturated rings. The largest absolute Gasteiger partial charge is 0.471 e. The summed E-state index contributed by atoms with van der Waals surface area (Å²) in [7, 11) is 0. The van der Waals surface area contributed by atoms with Gasteiger partial charge in [-0.15, -0.1) is 0 Å². The summed E-state index contributed by atoms with van der Waals surface area (Å²) >= 11 is 0. The molecular formula is C15H11F3N2O3. The molecule has 0 aromatic heterocycles. The number of non-ortho nitro benzene ring substituents is 1. The standard InChI is InChI=1S/C15H11F3N2O3/c16-15(17,18)14(21)19(10-11-5-2-1-3-6-11)12-7-4-8-13(9-12)20(22)23/h1-9H,10H2. The Morgan fingerprint density at radius 1 is 1.09 bits per heavy atom. The molecule has 1 amide bonds. The van der Waals surface area contributed by atoms with Crippen LogP contribution in [-0.4, -0.2) is 17.0 Å². The minimum atomic E-state index is -5.08. The van der Waals surface area contributed by atoms with E-state index in [0.29, 0.717) is 10.5 Å². The number of carbonyl (C=O) groups excluding carboxylic acids is 1. The van der Waals surface area contributed by atoms with Crippen LogP contribution in [0, 0.1) is 10.1 Å². The first-order valence-corrected chi connectivity index (χ1v) is 6.46. The zero-order valence-electron chi connectivity index (χ0n) is 11.7. The fraction of sp³-hybridized carbons (Fsp3) is 0.133. The summed E-state index contributed by atoms with van der Waals surface area (Å²) in [5.41, 5.74) is -0.113. The average molecular weight is 324 g/mol. The molecule has 8 heteroatoms. The maximum Gasteiger partial charge on any atom is 0.471 e. The molecule has 0 N–H and O–H groups in total. The summed E-state index contributed by atoms with van der Waals surface area (Å²) in [6.07, 6.45) is -5.08. The van der Waals surface area contributed by atoms with Gasteiger partial charge in [0.2, 0.25) is 0 Å². The molecule has 2 aromatic carbocycles. The van der Waals surface area contributed by atoms with Crippen LogP contribution in [-0.2, 0) is 11.3 Å². The molecule has 0 saturated heterocycles. The van der Waals surface area contributed by atoms with E-state index in [1.165, 1.54) is 12.1 Å². The van der Waals surface area contributed by atoms with E-state index in [4.69, 9.17) is 0 Å². The molecule has 0 spiro atoms. The number of rotatable bonds is 4. The van der Waals surface area contributed by atoms with Gasteiger partial charge >= 0.3 is 12.1 Å². The molecule has 0 atom stereocenters. The quantitative estimate of drug-likeness (QED) is 0.636. The number of halogens is 3. The van der Waals surface area contributed by atoms with Crippen molar-refractivity contribution in [1.82, 2.24) is 0 Å². The Balaban J connectivity index is 2.43. The molecule has 0 saturated carbocycles. The van der Waals surface area contributed by atoms with Crippen LogP contribution in [0.5, 0.6) is 0 Å². The number of alkyl halides is 3. The molecule has 0 bridgehead atoms. The number of carbonyl (C=O) groups is 1. The van der Waals surface area contributed by atoms with Crippen LogP contribution in [0.3, 0.4) is 0 Å². The second-order valence-electron chi connectivity index (χ2n) is 4.65. The Bertz CT molecular complexity index is 717. The van der Waals surface area contributed by atoms with Crippen molar-refractivity contribution in [3.05, 3.63) is 70.3 Å². The molecule has 0 aliphatic carbocycles. The van der Waals surface area contributed by atoms with Gasteiger partial charge in [0.1, 0.15) is 0 Å². The van der Waals surface area contributed by atoms with E-state index in [-0.39, 0.29) is 12.2 Å². The number of amides is 1. The zero-order chi connectivity index (χ0) is 17.0. The topological polar surface area (TPSA) is 63.5 Å². The first-order chi connectivity index (χ1) is 10.8. The van der Waals surface area contributed by atoms with E-state index < -0.39 is 22.7 Å². The van der Waals surface area contributed by atoms with Crippen molar-refractivity contribution >= 4 is 17.3 Å². The van der Waals surface area contributed by atoms with Crippen LogP contribution in [0.2, 0.25) is 0 Å². The summed E-state index contributed by atoms with van der Waals surface area (Å²) < 4.78 is 38.5. The van der Waals surface area contributed by atoms with Crippen LogP contribution in [0.1, 0.15) is 5.56 Å². The lowest BCUT2D eigenvalue weighted by molar-refractivity contribution is -0.384. The summed E-state index contributed by atoms with van der Waals surface area (Å²) in [5.74, 6) is -2.08. The van der Waals surface area contributed by atoms with Crippen molar-refractivity contribution in [2.24, 2.45) is 0 Å². The molecule has 0 heterocycles. The summed E-state index contributed by atoms with van der Waals surface area (Å²) in [6, 6.07) is 12.6. The van der Waals surface area contributed by atoms with Gasteiger partial charge in [0.15, 0.2) is 0 Å². The van der Waals surface area contributed by atoms with E-state index in [1.807, 2.05) is 0 Å². The molecule has 0 aliphatic rings. The van der Waals surface area contributed by atoms with Crippen LogP contribution in [0.25, 0.3) is 0 Å². The van der Waals surface area contributed by atoms with Gasteiger partial charge in [0.25, 0.3) is 5.69 Å². The fourth-order valence-corrected chi connectivity index (χ4v) is 1.97. The van der Waals surface area contributed by atoms with Crippen molar-refractivity contribution in [2.45, 2.75) is 12.7 Å². The molecule has 0 radical (unpaired) electrons. The molecule has 120 valence electrons. The fourth-order valence-electron chi connectivity index (χ4n) is 1.97. The van der Waals surface area contributed by atoms with Gasteiger partial charge in [0, 0.05) is 12.1 Å². The highest BCUT2D eigenvalue weighted by Gasteiger charge is 2.43. The molecule has 0 aliphatic heterocycles. The third kappa shape index (κ3) is 4.06. The van der Waals surface area contributed by atoms with Crippen LogP contribution < -0.4 is 4.90 Å². The number of hydrogen-bond donors (Lipinski definition) is 0. The highest BCUT2D eigenvalue weighted by molar-refractivity contribution is 5.97.